The van der Waals surface area contributed by atoms with Gasteiger partial charge in [0.15, 0.2) is 0 Å². The predicted octanol–water partition coefficient (Wildman–Crippen LogP) is 6.53. The molecule has 3 aliphatic rings. The number of rotatable bonds is 8. The molecule has 3 rings (SSSR count). The van der Waals surface area contributed by atoms with Crippen LogP contribution in [0.5, 0.6) is 0 Å². The molecule has 5 heteroatoms. The van der Waals surface area contributed by atoms with Gasteiger partial charge >= 0.3 is 5.97 Å². The highest BCUT2D eigenvalue weighted by Gasteiger charge is 2.50. The number of hydrogen-bond donors (Lipinski definition) is 1. The number of carbonyl (C=O) groups is 1. The lowest BCUT2D eigenvalue weighted by Crippen LogP contribution is -2.37. The smallest absolute Gasteiger partial charge is 0.316 e. The van der Waals surface area contributed by atoms with E-state index in [-0.39, 0.29) is 17.4 Å². The Hall–Kier alpha value is -0.910. The Morgan fingerprint density at radius 2 is 2.06 bits per heavy atom. The third kappa shape index (κ3) is 6.82. The van der Waals surface area contributed by atoms with Crippen LogP contribution >= 0.6 is 15.9 Å². The van der Waals surface area contributed by atoms with Crippen molar-refractivity contribution in [3.63, 3.8) is 0 Å². The molecule has 3 aliphatic carbocycles. The predicted molar refractivity (Wildman–Crippen MR) is 137 cm³/mol. The van der Waals surface area contributed by atoms with E-state index in [1.165, 1.54) is 43.3 Å². The minimum atomic E-state index is -0.773. The minimum Gasteiger partial charge on any atom is -0.461 e. The summed E-state index contributed by atoms with van der Waals surface area (Å²) in [6, 6.07) is 0. The molecule has 0 aromatic carbocycles. The number of ether oxygens (including phenoxy) is 2. The zero-order chi connectivity index (χ0) is 24.2. The van der Waals surface area contributed by atoms with Crippen LogP contribution in [0.3, 0.4) is 0 Å². The normalized spacial score (nSPS) is 33.9. The van der Waals surface area contributed by atoms with E-state index in [1.807, 2.05) is 0 Å². The minimum absolute atomic E-state index is 0.0394. The molecule has 0 saturated heterocycles. The van der Waals surface area contributed by atoms with Crippen LogP contribution in [0.15, 0.2) is 35.5 Å². The molecule has 0 bridgehead atoms. The molecule has 0 spiro atoms. The number of alkyl halides is 1. The number of allylic oxidation sites excluding steroid dienone is 4. The molecule has 0 aromatic rings. The van der Waals surface area contributed by atoms with Crippen LogP contribution in [0.4, 0.5) is 0 Å². The first-order valence-electron chi connectivity index (χ1n) is 12.7. The second-order valence-corrected chi connectivity index (χ2v) is 12.0. The van der Waals surface area contributed by atoms with Gasteiger partial charge in [-0.25, -0.2) is 0 Å². The lowest BCUT2D eigenvalue weighted by Gasteiger charge is -2.44. The molecule has 0 heterocycles. The molecule has 3 saturated carbocycles. The summed E-state index contributed by atoms with van der Waals surface area (Å²) in [4.78, 5) is 11.7. The fourth-order valence-electron chi connectivity index (χ4n) is 6.52. The Bertz CT molecular complexity index is 777. The number of aliphatic hydroxyl groups is 1. The summed E-state index contributed by atoms with van der Waals surface area (Å²) in [6.45, 7) is 13.8. The SMILES string of the molecule is C=C1CC[C@H](OC(=O)CBr)C/C1=C/C=C1\CCC[C@@]2(C)C1CC[C@@H]2[C@H](C)COCC(C)(C)O. The maximum Gasteiger partial charge on any atom is 0.316 e. The first-order chi connectivity index (χ1) is 15.5. The Labute approximate surface area is 209 Å². The van der Waals surface area contributed by atoms with Crippen LogP contribution in [0.25, 0.3) is 0 Å². The fraction of sp³-hybridized carbons (Fsp3) is 0.750. The van der Waals surface area contributed by atoms with Gasteiger partial charge < -0.3 is 14.6 Å². The third-order valence-corrected chi connectivity index (χ3v) is 8.59. The van der Waals surface area contributed by atoms with E-state index in [1.54, 1.807) is 19.4 Å². The van der Waals surface area contributed by atoms with Crippen molar-refractivity contribution >= 4 is 21.9 Å². The summed E-state index contributed by atoms with van der Waals surface area (Å²) >= 11 is 3.18. The molecule has 186 valence electrons. The zero-order valence-corrected chi connectivity index (χ0v) is 22.6. The van der Waals surface area contributed by atoms with Gasteiger partial charge in [0, 0.05) is 13.0 Å². The highest BCUT2D eigenvalue weighted by atomic mass is 79.9. The maximum atomic E-state index is 11.7. The Morgan fingerprint density at radius 3 is 2.76 bits per heavy atom. The van der Waals surface area contributed by atoms with Gasteiger partial charge in [-0.1, -0.05) is 59.7 Å². The van der Waals surface area contributed by atoms with Crippen molar-refractivity contribution in [3.8, 4) is 0 Å². The second kappa shape index (κ2) is 11.2. The molecule has 0 aliphatic heterocycles. The molecule has 3 fully saturated rings. The molecule has 1 unspecified atom stereocenters. The van der Waals surface area contributed by atoms with Gasteiger partial charge in [-0.15, -0.1) is 0 Å². The molecule has 4 nitrogen and oxygen atoms in total. The van der Waals surface area contributed by atoms with Crippen molar-refractivity contribution < 1.29 is 19.4 Å². The first kappa shape index (κ1) is 26.7. The maximum absolute atomic E-state index is 11.7. The average Bonchev–Trinajstić information content (AvgIpc) is 3.10. The molecule has 1 N–H and O–H groups in total. The quantitative estimate of drug-likeness (QED) is 0.291. The molecule has 0 aromatic heterocycles. The third-order valence-electron chi connectivity index (χ3n) is 8.14. The first-order valence-corrected chi connectivity index (χ1v) is 13.8. The van der Waals surface area contributed by atoms with E-state index in [4.69, 9.17) is 9.47 Å². The summed E-state index contributed by atoms with van der Waals surface area (Å²) in [7, 11) is 0. The molecular weight excluding hydrogens is 480 g/mol. The van der Waals surface area contributed by atoms with Gasteiger partial charge in [0.1, 0.15) is 11.4 Å². The molecule has 33 heavy (non-hydrogen) atoms. The van der Waals surface area contributed by atoms with Gasteiger partial charge in [-0.05, 0) is 87.5 Å². The molecule has 5 atom stereocenters. The van der Waals surface area contributed by atoms with Crippen LogP contribution < -0.4 is 0 Å². The van der Waals surface area contributed by atoms with Gasteiger partial charge in [0.2, 0.25) is 0 Å². The van der Waals surface area contributed by atoms with Crippen molar-refractivity contribution in [3.05, 3.63) is 35.5 Å². The Balaban J connectivity index is 1.67. The summed E-state index contributed by atoms with van der Waals surface area (Å²) < 4.78 is 11.5. The number of esters is 1. The molecule has 0 amide bonds. The lowest BCUT2D eigenvalue weighted by atomic mass is 9.61. The van der Waals surface area contributed by atoms with Crippen molar-refractivity contribution in [2.45, 2.75) is 90.8 Å². The largest absolute Gasteiger partial charge is 0.461 e. The monoisotopic (exact) mass is 522 g/mol. The van der Waals surface area contributed by atoms with E-state index < -0.39 is 5.60 Å². The lowest BCUT2D eigenvalue weighted by molar-refractivity contribution is -0.146. The van der Waals surface area contributed by atoms with Crippen LogP contribution in [0.2, 0.25) is 0 Å². The van der Waals surface area contributed by atoms with Crippen molar-refractivity contribution in [2.24, 2.45) is 23.2 Å². The second-order valence-electron chi connectivity index (χ2n) is 11.4. The van der Waals surface area contributed by atoms with Crippen LogP contribution in [-0.4, -0.2) is 41.3 Å². The van der Waals surface area contributed by atoms with Gasteiger partial charge in [-0.3, -0.25) is 4.79 Å². The van der Waals surface area contributed by atoms with Crippen LogP contribution in [0.1, 0.15) is 79.1 Å². The van der Waals surface area contributed by atoms with Crippen molar-refractivity contribution in [2.75, 3.05) is 18.5 Å². The van der Waals surface area contributed by atoms with Crippen molar-refractivity contribution in [1.82, 2.24) is 0 Å². The summed E-state index contributed by atoms with van der Waals surface area (Å²) in [5, 5.41) is 10.2. The average molecular weight is 524 g/mol. The standard InChI is InChI=1S/C28H43BrO4/c1-19-8-11-23(33-26(30)16-29)15-22(19)10-9-21-7-6-14-28(5)24(12-13-25(21)28)20(2)17-32-18-27(3,4)31/h9-10,20,23-25,31H,1,6-8,11-18H2,2-5H3/b21-9+,22-10-/t20-,23+,24-,25?,28-/m1/s1. The van der Waals surface area contributed by atoms with Gasteiger partial charge in [0.25, 0.3) is 0 Å². The topological polar surface area (TPSA) is 55.8 Å². The molecule has 0 radical (unpaired) electrons. The number of fused-ring (bicyclic) bond motifs is 1. The fourth-order valence-corrected chi connectivity index (χ4v) is 6.66. The van der Waals surface area contributed by atoms with E-state index in [9.17, 15) is 9.90 Å². The summed E-state index contributed by atoms with van der Waals surface area (Å²) in [5.74, 6) is 1.58. The van der Waals surface area contributed by atoms with E-state index in [0.29, 0.717) is 36.4 Å². The molecular formula is C28H43BrO4. The highest BCUT2D eigenvalue weighted by molar-refractivity contribution is 9.09. The Morgan fingerprint density at radius 1 is 1.30 bits per heavy atom. The van der Waals surface area contributed by atoms with E-state index >= 15 is 0 Å². The van der Waals surface area contributed by atoms with Crippen molar-refractivity contribution in [1.29, 1.82) is 0 Å². The Kier molecular flexibility index (Phi) is 9.07. The summed E-state index contributed by atoms with van der Waals surface area (Å²) in [6.07, 6.45) is 13.3. The number of halogens is 1. The zero-order valence-electron chi connectivity index (χ0n) is 21.0. The summed E-state index contributed by atoms with van der Waals surface area (Å²) in [5.41, 5.74) is 3.54. The number of carbonyl (C=O) groups excluding carboxylic acids is 1. The van der Waals surface area contributed by atoms with E-state index in [2.05, 4.69) is 48.5 Å². The van der Waals surface area contributed by atoms with Crippen LogP contribution in [-0.2, 0) is 14.3 Å². The van der Waals surface area contributed by atoms with Gasteiger partial charge in [-0.2, -0.15) is 0 Å². The highest BCUT2D eigenvalue weighted by Crippen LogP contribution is 2.59. The number of hydrogen-bond acceptors (Lipinski definition) is 4. The van der Waals surface area contributed by atoms with Crippen LogP contribution in [0, 0.1) is 23.2 Å². The van der Waals surface area contributed by atoms with Gasteiger partial charge in [0.05, 0.1) is 12.2 Å². The van der Waals surface area contributed by atoms with E-state index in [0.717, 1.165) is 19.3 Å².